The van der Waals surface area contributed by atoms with Gasteiger partial charge in [0, 0.05) is 52.3 Å². The van der Waals surface area contributed by atoms with E-state index in [0.717, 1.165) is 44.4 Å². The van der Waals surface area contributed by atoms with Crippen molar-refractivity contribution in [1.29, 1.82) is 5.41 Å². The molecule has 4 aromatic heterocycles. The second-order valence-electron chi connectivity index (χ2n) is 6.80. The number of hydrogen-bond acceptors (Lipinski definition) is 5. The first-order valence-electron chi connectivity index (χ1n) is 9.18. The molecule has 5 rings (SSSR count). The van der Waals surface area contributed by atoms with Crippen LogP contribution in [0.3, 0.4) is 0 Å². The number of benzene rings is 1. The number of nitrogens with zero attached hydrogens (tertiary/aromatic N) is 3. The molecule has 1 aromatic carbocycles. The largest absolute Gasteiger partial charge is 0.404 e. The molecule has 0 aliphatic carbocycles. The van der Waals surface area contributed by atoms with Crippen molar-refractivity contribution >= 4 is 33.7 Å². The summed E-state index contributed by atoms with van der Waals surface area (Å²) in [4.78, 5) is 12.0. The van der Waals surface area contributed by atoms with Gasteiger partial charge in [0.1, 0.15) is 5.82 Å². The molecule has 0 bridgehead atoms. The first-order valence-corrected chi connectivity index (χ1v) is 9.18. The fourth-order valence-electron chi connectivity index (χ4n) is 3.56. The Bertz CT molecular complexity index is 1440. The number of H-pyrrole nitrogens is 2. The Morgan fingerprint density at radius 2 is 2.00 bits per heavy atom. The number of allylic oxidation sites excluding steroid dienone is 1. The monoisotopic (exact) mass is 397 g/mol. The Morgan fingerprint density at radius 1 is 1.10 bits per heavy atom. The van der Waals surface area contributed by atoms with E-state index in [4.69, 9.17) is 11.1 Å². The smallest absolute Gasteiger partial charge is 0.181 e. The van der Waals surface area contributed by atoms with E-state index in [1.807, 2.05) is 18.2 Å². The van der Waals surface area contributed by atoms with Crippen LogP contribution >= 0.6 is 0 Å². The molecule has 0 radical (unpaired) electrons. The zero-order valence-corrected chi connectivity index (χ0v) is 15.6. The quantitative estimate of drug-likeness (QED) is 0.339. The minimum absolute atomic E-state index is 0.298. The molecule has 0 aliphatic rings. The van der Waals surface area contributed by atoms with Crippen LogP contribution in [-0.4, -0.2) is 31.4 Å². The van der Waals surface area contributed by atoms with Gasteiger partial charge in [0.2, 0.25) is 0 Å². The van der Waals surface area contributed by atoms with E-state index in [2.05, 4.69) is 25.1 Å². The Balaban J connectivity index is 1.69. The van der Waals surface area contributed by atoms with Gasteiger partial charge in [0.15, 0.2) is 5.65 Å². The maximum Gasteiger partial charge on any atom is 0.181 e. The lowest BCUT2D eigenvalue weighted by Crippen LogP contribution is -1.92. The molecule has 8 heteroatoms. The van der Waals surface area contributed by atoms with Crippen LogP contribution in [0.4, 0.5) is 4.39 Å². The van der Waals surface area contributed by atoms with Crippen molar-refractivity contribution in [3.05, 3.63) is 72.6 Å². The number of rotatable bonds is 4. The predicted octanol–water partition coefficient (Wildman–Crippen LogP) is 4.26. The lowest BCUT2D eigenvalue weighted by atomic mass is 10.0. The van der Waals surface area contributed by atoms with E-state index in [-0.39, 0.29) is 5.82 Å². The fourth-order valence-corrected chi connectivity index (χ4v) is 3.56. The lowest BCUT2D eigenvalue weighted by Gasteiger charge is -2.02. The third-order valence-corrected chi connectivity index (χ3v) is 5.03. The SMILES string of the molecule is N=C/C(=C\N)c1cnc2n[nH]c(-c3cc4c(-c5cccc(F)c5)cncc4[nH]3)c2c1. The summed E-state index contributed by atoms with van der Waals surface area (Å²) >= 11 is 0. The van der Waals surface area contributed by atoms with Crippen molar-refractivity contribution in [3.8, 4) is 22.5 Å². The van der Waals surface area contributed by atoms with Crippen molar-refractivity contribution in [2.75, 3.05) is 0 Å². The Morgan fingerprint density at radius 3 is 2.80 bits per heavy atom. The van der Waals surface area contributed by atoms with Gasteiger partial charge < -0.3 is 16.1 Å². The van der Waals surface area contributed by atoms with E-state index in [1.54, 1.807) is 24.7 Å². The molecule has 4 heterocycles. The molecular formula is C22H16FN7. The van der Waals surface area contributed by atoms with E-state index >= 15 is 0 Å². The lowest BCUT2D eigenvalue weighted by molar-refractivity contribution is 0.628. The number of nitrogens with two attached hydrogens (primary N) is 1. The number of hydrogen-bond donors (Lipinski definition) is 4. The highest BCUT2D eigenvalue weighted by molar-refractivity contribution is 6.09. The fraction of sp³-hybridized carbons (Fsp3) is 0. The normalized spacial score (nSPS) is 12.0. The van der Waals surface area contributed by atoms with E-state index in [9.17, 15) is 4.39 Å². The van der Waals surface area contributed by atoms with Crippen LogP contribution in [0.15, 0.2) is 61.2 Å². The summed E-state index contributed by atoms with van der Waals surface area (Å²) in [6.45, 7) is 0. The van der Waals surface area contributed by atoms with E-state index < -0.39 is 0 Å². The molecule has 0 aliphatic heterocycles. The maximum absolute atomic E-state index is 13.7. The number of nitrogens with one attached hydrogen (secondary N) is 3. The van der Waals surface area contributed by atoms with Crippen LogP contribution in [0.25, 0.3) is 50.0 Å². The van der Waals surface area contributed by atoms with Gasteiger partial charge in [-0.15, -0.1) is 0 Å². The Labute approximate surface area is 170 Å². The Kier molecular flexibility index (Phi) is 4.10. The van der Waals surface area contributed by atoms with Crippen LogP contribution < -0.4 is 5.73 Å². The summed E-state index contributed by atoms with van der Waals surface area (Å²) in [5.74, 6) is -0.298. The zero-order chi connectivity index (χ0) is 20.7. The average Bonchev–Trinajstić information content (AvgIpc) is 3.38. The summed E-state index contributed by atoms with van der Waals surface area (Å²) < 4.78 is 13.7. The third-order valence-electron chi connectivity index (χ3n) is 5.03. The van der Waals surface area contributed by atoms with Gasteiger partial charge in [-0.25, -0.2) is 9.37 Å². The summed E-state index contributed by atoms with van der Waals surface area (Å²) in [5.41, 5.74) is 11.4. The van der Waals surface area contributed by atoms with E-state index in [1.165, 1.54) is 24.5 Å². The molecule has 5 N–H and O–H groups in total. The third kappa shape index (κ3) is 2.82. The van der Waals surface area contributed by atoms with Crippen molar-refractivity contribution in [1.82, 2.24) is 25.1 Å². The number of halogens is 1. The first kappa shape index (κ1) is 17.7. The number of fused-ring (bicyclic) bond motifs is 2. The van der Waals surface area contributed by atoms with Gasteiger partial charge in [0.25, 0.3) is 0 Å². The average molecular weight is 397 g/mol. The van der Waals surface area contributed by atoms with Crippen LogP contribution in [0.5, 0.6) is 0 Å². The van der Waals surface area contributed by atoms with Gasteiger partial charge in [-0.3, -0.25) is 10.1 Å². The highest BCUT2D eigenvalue weighted by atomic mass is 19.1. The standard InChI is InChI=1S/C22H16FN7/c23-15-3-1-2-12(4-15)18-10-26-11-20-16(18)6-19(28-20)21-17-5-13(14(7-24)8-25)9-27-22(17)30-29-21/h1-11,24,28H,25H2,(H,27,29,30)/b14-8+,24-7?. The predicted molar refractivity (Wildman–Crippen MR) is 115 cm³/mol. The summed E-state index contributed by atoms with van der Waals surface area (Å²) in [5, 5.41) is 16.5. The van der Waals surface area contributed by atoms with Crippen molar-refractivity contribution in [2.24, 2.45) is 5.73 Å². The topological polar surface area (TPSA) is 120 Å². The minimum Gasteiger partial charge on any atom is -0.404 e. The van der Waals surface area contributed by atoms with Gasteiger partial charge in [-0.05, 0) is 29.8 Å². The van der Waals surface area contributed by atoms with Crippen molar-refractivity contribution < 1.29 is 4.39 Å². The molecule has 30 heavy (non-hydrogen) atoms. The summed E-state index contributed by atoms with van der Waals surface area (Å²) in [6, 6.07) is 10.3. The molecule has 7 nitrogen and oxygen atoms in total. The highest BCUT2D eigenvalue weighted by Crippen LogP contribution is 2.33. The molecule has 0 unspecified atom stereocenters. The molecule has 0 atom stereocenters. The van der Waals surface area contributed by atoms with Crippen LogP contribution in [0, 0.1) is 11.2 Å². The molecule has 0 fully saturated rings. The van der Waals surface area contributed by atoms with Crippen LogP contribution in [0.2, 0.25) is 0 Å². The molecule has 0 saturated heterocycles. The maximum atomic E-state index is 13.7. The van der Waals surface area contributed by atoms with Crippen LogP contribution in [0.1, 0.15) is 5.56 Å². The van der Waals surface area contributed by atoms with E-state index in [0.29, 0.717) is 11.2 Å². The molecule has 0 amide bonds. The first-order chi connectivity index (χ1) is 14.7. The number of pyridine rings is 2. The van der Waals surface area contributed by atoms with Crippen molar-refractivity contribution in [2.45, 2.75) is 0 Å². The second kappa shape index (κ2) is 6.93. The zero-order valence-electron chi connectivity index (χ0n) is 15.6. The molecule has 0 saturated carbocycles. The van der Waals surface area contributed by atoms with Gasteiger partial charge in [-0.2, -0.15) is 5.10 Å². The summed E-state index contributed by atoms with van der Waals surface area (Å²) in [7, 11) is 0. The molecular weight excluding hydrogens is 381 g/mol. The van der Waals surface area contributed by atoms with Gasteiger partial charge in [-0.1, -0.05) is 12.1 Å². The summed E-state index contributed by atoms with van der Waals surface area (Å²) in [6.07, 6.45) is 7.64. The number of aromatic nitrogens is 5. The minimum atomic E-state index is -0.298. The van der Waals surface area contributed by atoms with Gasteiger partial charge in [0.05, 0.1) is 23.1 Å². The molecule has 146 valence electrons. The highest BCUT2D eigenvalue weighted by Gasteiger charge is 2.15. The molecule has 5 aromatic rings. The van der Waals surface area contributed by atoms with Gasteiger partial charge >= 0.3 is 0 Å². The molecule has 0 spiro atoms. The number of aromatic amines is 2. The van der Waals surface area contributed by atoms with Crippen LogP contribution in [-0.2, 0) is 0 Å². The second-order valence-corrected chi connectivity index (χ2v) is 6.80. The Hall–Kier alpha value is -4.33. The van der Waals surface area contributed by atoms with Crippen molar-refractivity contribution in [3.63, 3.8) is 0 Å².